The van der Waals surface area contributed by atoms with Gasteiger partial charge in [0.05, 0.1) is 0 Å². The highest BCUT2D eigenvalue weighted by Crippen LogP contribution is 2.22. The first-order valence-corrected chi connectivity index (χ1v) is 6.37. The van der Waals surface area contributed by atoms with Crippen LogP contribution in [-0.2, 0) is 6.42 Å². The molecule has 1 aliphatic carbocycles. The lowest BCUT2D eigenvalue weighted by Crippen LogP contribution is -1.99. The first kappa shape index (κ1) is 12.3. The second kappa shape index (κ2) is 7.50. The Morgan fingerprint density at radius 3 is 1.93 bits per heavy atom. The molecule has 0 aliphatic heterocycles. The van der Waals surface area contributed by atoms with E-state index in [9.17, 15) is 0 Å². The zero-order valence-corrected chi connectivity index (χ0v) is 10.2. The predicted molar refractivity (Wildman–Crippen MR) is 68.1 cm³/mol. The Bertz CT molecular complexity index is 231. The van der Waals surface area contributed by atoms with Crippen LogP contribution >= 0.6 is 0 Å². The maximum Gasteiger partial charge on any atom is -0.0307 e. The van der Waals surface area contributed by atoms with Gasteiger partial charge in [-0.25, -0.2) is 0 Å². The molecule has 15 heavy (non-hydrogen) atoms. The summed E-state index contributed by atoms with van der Waals surface area (Å²) in [6, 6.07) is 10.5. The summed E-state index contributed by atoms with van der Waals surface area (Å²) in [6.45, 7) is 4.52. The molecule has 0 amide bonds. The molecule has 1 saturated carbocycles. The number of benzene rings is 1. The monoisotopic (exact) mass is 204 g/mol. The lowest BCUT2D eigenvalue weighted by atomic mass is 9.91. The molecule has 2 rings (SSSR count). The molecule has 0 saturated heterocycles. The van der Waals surface area contributed by atoms with Crippen LogP contribution < -0.4 is 0 Å². The average molecular weight is 204 g/mol. The molecule has 0 unspecified atom stereocenters. The van der Waals surface area contributed by atoms with E-state index in [0.29, 0.717) is 0 Å². The number of rotatable bonds is 1. The molecule has 0 bridgehead atoms. The smallest absolute Gasteiger partial charge is 0.0307 e. The second-order valence-corrected chi connectivity index (χ2v) is 4.58. The lowest BCUT2D eigenvalue weighted by Gasteiger charge is -2.15. The van der Waals surface area contributed by atoms with E-state index in [4.69, 9.17) is 0 Å². The van der Waals surface area contributed by atoms with Gasteiger partial charge in [-0.3, -0.25) is 0 Å². The highest BCUT2D eigenvalue weighted by molar-refractivity contribution is 5.13. The molecule has 0 N–H and O–H groups in total. The zero-order chi connectivity index (χ0) is 10.9. The van der Waals surface area contributed by atoms with Gasteiger partial charge < -0.3 is 0 Å². The van der Waals surface area contributed by atoms with Crippen LogP contribution in [0.25, 0.3) is 0 Å². The Balaban J connectivity index is 0.000000151. The minimum absolute atomic E-state index is 1.04. The van der Waals surface area contributed by atoms with Crippen molar-refractivity contribution in [1.29, 1.82) is 0 Å². The van der Waals surface area contributed by atoms with Crippen molar-refractivity contribution in [1.82, 2.24) is 0 Å². The summed E-state index contributed by atoms with van der Waals surface area (Å²) in [4.78, 5) is 0. The third-order valence-corrected chi connectivity index (χ3v) is 3.14. The summed E-state index contributed by atoms with van der Waals surface area (Å²) in [5, 5.41) is 0. The van der Waals surface area contributed by atoms with E-state index < -0.39 is 0 Å². The standard InChI is InChI=1S/C8H10.C7H14/c1-2-8-6-4-3-5-7-8;1-7-5-3-2-4-6-7/h3-7H,2H2,1H3;7H,2-6H2,1H3. The van der Waals surface area contributed by atoms with Crippen molar-refractivity contribution in [3.05, 3.63) is 35.9 Å². The molecule has 1 aromatic rings. The van der Waals surface area contributed by atoms with E-state index in [1.54, 1.807) is 0 Å². The van der Waals surface area contributed by atoms with Gasteiger partial charge >= 0.3 is 0 Å². The van der Waals surface area contributed by atoms with Gasteiger partial charge in [0.15, 0.2) is 0 Å². The first-order chi connectivity index (χ1) is 7.33. The fourth-order valence-corrected chi connectivity index (χ4v) is 2.02. The molecular weight excluding hydrogens is 180 g/mol. The van der Waals surface area contributed by atoms with Crippen LogP contribution in [-0.4, -0.2) is 0 Å². The highest BCUT2D eigenvalue weighted by Gasteiger charge is 2.05. The van der Waals surface area contributed by atoms with Gasteiger partial charge in [-0.15, -0.1) is 0 Å². The van der Waals surface area contributed by atoms with Crippen molar-refractivity contribution in [3.63, 3.8) is 0 Å². The van der Waals surface area contributed by atoms with Gasteiger partial charge in [0, 0.05) is 0 Å². The van der Waals surface area contributed by atoms with E-state index in [2.05, 4.69) is 38.1 Å². The molecule has 1 fully saturated rings. The van der Waals surface area contributed by atoms with E-state index >= 15 is 0 Å². The van der Waals surface area contributed by atoms with Crippen molar-refractivity contribution in [2.75, 3.05) is 0 Å². The first-order valence-electron chi connectivity index (χ1n) is 6.37. The second-order valence-electron chi connectivity index (χ2n) is 4.58. The predicted octanol–water partition coefficient (Wildman–Crippen LogP) is 4.84. The Morgan fingerprint density at radius 2 is 1.60 bits per heavy atom. The van der Waals surface area contributed by atoms with Crippen LogP contribution in [0.2, 0.25) is 0 Å². The van der Waals surface area contributed by atoms with Gasteiger partial charge in [-0.05, 0) is 17.9 Å². The number of hydrogen-bond acceptors (Lipinski definition) is 0. The van der Waals surface area contributed by atoms with Crippen LogP contribution in [0.5, 0.6) is 0 Å². The van der Waals surface area contributed by atoms with Gasteiger partial charge in [-0.1, -0.05) is 76.3 Å². The maximum atomic E-state index is 2.36. The average Bonchev–Trinajstić information content (AvgIpc) is 2.32. The Morgan fingerprint density at radius 1 is 1.00 bits per heavy atom. The summed E-state index contributed by atoms with van der Waals surface area (Å²) < 4.78 is 0. The zero-order valence-electron chi connectivity index (χ0n) is 10.2. The Labute approximate surface area is 94.7 Å². The molecular formula is C15H24. The molecule has 0 spiro atoms. The molecule has 84 valence electrons. The normalized spacial score (nSPS) is 16.7. The lowest BCUT2D eigenvalue weighted by molar-refractivity contribution is 0.385. The van der Waals surface area contributed by atoms with Gasteiger partial charge in [0.25, 0.3) is 0 Å². The molecule has 0 atom stereocenters. The summed E-state index contributed by atoms with van der Waals surface area (Å²) in [6.07, 6.45) is 8.58. The van der Waals surface area contributed by atoms with Crippen LogP contribution in [0.3, 0.4) is 0 Å². The van der Waals surface area contributed by atoms with Crippen molar-refractivity contribution < 1.29 is 0 Å². The van der Waals surface area contributed by atoms with Gasteiger partial charge in [0.2, 0.25) is 0 Å². The summed E-state index contributed by atoms with van der Waals surface area (Å²) in [7, 11) is 0. The minimum Gasteiger partial charge on any atom is -0.0625 e. The molecule has 0 heteroatoms. The quantitative estimate of drug-likeness (QED) is 0.614. The van der Waals surface area contributed by atoms with E-state index in [1.165, 1.54) is 37.7 Å². The molecule has 1 aromatic carbocycles. The third kappa shape index (κ3) is 5.61. The van der Waals surface area contributed by atoms with Crippen LogP contribution in [0.15, 0.2) is 30.3 Å². The molecule has 0 aromatic heterocycles. The minimum atomic E-state index is 1.04. The van der Waals surface area contributed by atoms with Gasteiger partial charge in [0.1, 0.15) is 0 Å². The van der Waals surface area contributed by atoms with Crippen molar-refractivity contribution in [3.8, 4) is 0 Å². The topological polar surface area (TPSA) is 0 Å². The van der Waals surface area contributed by atoms with E-state index in [-0.39, 0.29) is 0 Å². The molecule has 1 aliphatic rings. The van der Waals surface area contributed by atoms with Gasteiger partial charge in [-0.2, -0.15) is 0 Å². The SMILES string of the molecule is CC1CCCCC1.CCc1ccccc1. The maximum absolute atomic E-state index is 2.36. The Kier molecular flexibility index (Phi) is 6.15. The molecule has 0 heterocycles. The fraction of sp³-hybridized carbons (Fsp3) is 0.600. The fourth-order valence-electron chi connectivity index (χ4n) is 2.02. The molecule has 0 radical (unpaired) electrons. The van der Waals surface area contributed by atoms with Crippen LogP contribution in [0.4, 0.5) is 0 Å². The third-order valence-electron chi connectivity index (χ3n) is 3.14. The summed E-state index contributed by atoms with van der Waals surface area (Å²) >= 11 is 0. The number of aryl methyl sites for hydroxylation is 1. The van der Waals surface area contributed by atoms with Crippen LogP contribution in [0.1, 0.15) is 51.5 Å². The van der Waals surface area contributed by atoms with Crippen LogP contribution in [0, 0.1) is 5.92 Å². The largest absolute Gasteiger partial charge is 0.0625 e. The van der Waals surface area contributed by atoms with Crippen molar-refractivity contribution in [2.45, 2.75) is 52.4 Å². The summed E-state index contributed by atoms with van der Waals surface area (Å²) in [5.41, 5.74) is 1.41. The summed E-state index contributed by atoms with van der Waals surface area (Å²) in [5.74, 6) is 1.04. The van der Waals surface area contributed by atoms with Crippen molar-refractivity contribution >= 4 is 0 Å². The van der Waals surface area contributed by atoms with E-state index in [0.717, 1.165) is 12.3 Å². The Hall–Kier alpha value is -0.780. The number of hydrogen-bond donors (Lipinski definition) is 0. The van der Waals surface area contributed by atoms with Crippen molar-refractivity contribution in [2.24, 2.45) is 5.92 Å². The molecule has 0 nitrogen and oxygen atoms in total. The van der Waals surface area contributed by atoms with E-state index in [1.807, 2.05) is 6.07 Å². The highest BCUT2D eigenvalue weighted by atomic mass is 14.1.